The first-order valence-electron chi connectivity index (χ1n) is 3.71. The van der Waals surface area contributed by atoms with Crippen LogP contribution in [0.15, 0.2) is 60.7 Å². The predicted molar refractivity (Wildman–Crippen MR) is 64.0 cm³/mol. The number of alkyl halides is 1. The van der Waals surface area contributed by atoms with Gasteiger partial charge in [0.15, 0.2) is 0 Å². The summed E-state index contributed by atoms with van der Waals surface area (Å²) in [6.07, 6.45) is 0. The standard InChI is InChI=1S/2C5H5.CH3I.Ti/c2*1-2-4-5-3-1;1-2;/h2*1-5H;1H3;/q2*-1;;+2. The summed E-state index contributed by atoms with van der Waals surface area (Å²) in [7, 11) is 0. The van der Waals surface area contributed by atoms with Crippen molar-refractivity contribution in [3.63, 3.8) is 0 Å². The van der Waals surface area contributed by atoms with Gasteiger partial charge in [0, 0.05) is 0 Å². The Labute approximate surface area is 109 Å². The number of halogens is 1. The number of hydrogen-bond acceptors (Lipinski definition) is 0. The molecule has 0 saturated heterocycles. The van der Waals surface area contributed by atoms with Crippen molar-refractivity contribution < 1.29 is 21.7 Å². The summed E-state index contributed by atoms with van der Waals surface area (Å²) in [5, 5.41) is 0. The Morgan fingerprint density at radius 3 is 1.00 bits per heavy atom. The van der Waals surface area contributed by atoms with Crippen molar-refractivity contribution in [2.75, 3.05) is 4.93 Å². The Bertz CT molecular complexity index is 149. The van der Waals surface area contributed by atoms with Crippen molar-refractivity contribution in [1.29, 1.82) is 0 Å². The average Bonchev–Trinajstić information content (AvgIpc) is 2.87. The molecule has 0 atom stereocenters. The fourth-order valence-corrected chi connectivity index (χ4v) is 0.642. The van der Waals surface area contributed by atoms with E-state index >= 15 is 0 Å². The maximum Gasteiger partial charge on any atom is 2.00 e. The first-order valence-corrected chi connectivity index (χ1v) is 5.87. The molecule has 2 heteroatoms. The van der Waals surface area contributed by atoms with E-state index in [1.165, 1.54) is 0 Å². The Kier molecular flexibility index (Phi) is 17.6. The van der Waals surface area contributed by atoms with Crippen LogP contribution in [0.4, 0.5) is 0 Å². The summed E-state index contributed by atoms with van der Waals surface area (Å²) in [6.45, 7) is 0. The second-order valence-electron chi connectivity index (χ2n) is 1.92. The quantitative estimate of drug-likeness (QED) is 0.299. The van der Waals surface area contributed by atoms with E-state index in [1.807, 2.05) is 65.6 Å². The normalized spacial score (nSPS) is 6.62. The van der Waals surface area contributed by atoms with Gasteiger partial charge in [-0.25, -0.2) is 24.3 Å². The second-order valence-corrected chi connectivity index (χ2v) is 1.92. The summed E-state index contributed by atoms with van der Waals surface area (Å²) in [6, 6.07) is 20.0. The molecular formula is C11H13ITi. The van der Waals surface area contributed by atoms with Crippen molar-refractivity contribution in [3.8, 4) is 0 Å². The molecule has 0 aliphatic carbocycles. The first-order chi connectivity index (χ1) is 6.00. The molecule has 0 saturated carbocycles. The molecule has 0 aliphatic heterocycles. The minimum absolute atomic E-state index is 0. The molecule has 0 N–H and O–H groups in total. The average molecular weight is 320 g/mol. The zero-order valence-electron chi connectivity index (χ0n) is 7.65. The van der Waals surface area contributed by atoms with Gasteiger partial charge in [-0.2, -0.15) is 36.4 Å². The van der Waals surface area contributed by atoms with Gasteiger partial charge in [-0.3, -0.25) is 0 Å². The molecule has 0 amide bonds. The maximum absolute atomic E-state index is 2.15. The summed E-state index contributed by atoms with van der Waals surface area (Å²) >= 11 is 2.15. The van der Waals surface area contributed by atoms with E-state index in [9.17, 15) is 0 Å². The molecule has 0 aliphatic rings. The first kappa shape index (κ1) is 15.6. The van der Waals surface area contributed by atoms with Crippen LogP contribution in [0, 0.1) is 0 Å². The molecule has 0 aromatic heterocycles. The summed E-state index contributed by atoms with van der Waals surface area (Å²) in [5.74, 6) is 0. The Balaban J connectivity index is 0. The molecule has 2 rings (SSSR count). The Morgan fingerprint density at radius 2 is 0.923 bits per heavy atom. The third-order valence-corrected chi connectivity index (χ3v) is 1.11. The second kappa shape index (κ2) is 14.7. The van der Waals surface area contributed by atoms with Crippen LogP contribution in [0.1, 0.15) is 0 Å². The third kappa shape index (κ3) is 12.1. The van der Waals surface area contributed by atoms with Crippen LogP contribution in [0.3, 0.4) is 0 Å². The fraction of sp³-hybridized carbons (Fsp3) is 0.0909. The van der Waals surface area contributed by atoms with Gasteiger partial charge in [0.25, 0.3) is 0 Å². The van der Waals surface area contributed by atoms with Crippen LogP contribution in [0.2, 0.25) is 0 Å². The summed E-state index contributed by atoms with van der Waals surface area (Å²) in [5.41, 5.74) is 0. The van der Waals surface area contributed by atoms with Crippen molar-refractivity contribution in [2.24, 2.45) is 0 Å². The summed E-state index contributed by atoms with van der Waals surface area (Å²) in [4.78, 5) is 1.97. The molecule has 0 spiro atoms. The van der Waals surface area contributed by atoms with Gasteiger partial charge >= 0.3 is 21.7 Å². The molecular weight excluding hydrogens is 307 g/mol. The maximum atomic E-state index is 2.15. The topological polar surface area (TPSA) is 0 Å². The minimum atomic E-state index is 0. The number of hydrogen-bond donors (Lipinski definition) is 0. The molecule has 0 radical (unpaired) electrons. The molecule has 2 aromatic carbocycles. The summed E-state index contributed by atoms with van der Waals surface area (Å²) < 4.78 is 0. The Hall–Kier alpha value is 0.144. The van der Waals surface area contributed by atoms with E-state index in [0.29, 0.717) is 0 Å². The van der Waals surface area contributed by atoms with Crippen LogP contribution < -0.4 is 0 Å². The van der Waals surface area contributed by atoms with Gasteiger partial charge in [0.2, 0.25) is 0 Å². The smallest absolute Gasteiger partial charge is 0.214 e. The van der Waals surface area contributed by atoms with E-state index in [-0.39, 0.29) is 21.7 Å². The van der Waals surface area contributed by atoms with Gasteiger partial charge in [-0.05, 0) is 4.93 Å². The van der Waals surface area contributed by atoms with E-state index in [4.69, 9.17) is 0 Å². The molecule has 0 heterocycles. The van der Waals surface area contributed by atoms with Crippen molar-refractivity contribution >= 4 is 22.6 Å². The third-order valence-electron chi connectivity index (χ3n) is 1.11. The Morgan fingerprint density at radius 1 is 0.692 bits per heavy atom. The predicted octanol–water partition coefficient (Wildman–Crippen LogP) is 3.86. The van der Waals surface area contributed by atoms with Crippen LogP contribution in [0.5, 0.6) is 0 Å². The van der Waals surface area contributed by atoms with Crippen molar-refractivity contribution in [1.82, 2.24) is 0 Å². The molecule has 0 bridgehead atoms. The van der Waals surface area contributed by atoms with Crippen LogP contribution in [-0.2, 0) is 21.7 Å². The zero-order chi connectivity index (χ0) is 9.07. The fourth-order valence-electron chi connectivity index (χ4n) is 0.642. The van der Waals surface area contributed by atoms with Crippen LogP contribution in [-0.4, -0.2) is 4.93 Å². The van der Waals surface area contributed by atoms with E-state index in [1.54, 1.807) is 0 Å². The number of rotatable bonds is 0. The van der Waals surface area contributed by atoms with Crippen LogP contribution in [0.25, 0.3) is 0 Å². The minimum Gasteiger partial charge on any atom is -0.214 e. The van der Waals surface area contributed by atoms with E-state index < -0.39 is 0 Å². The molecule has 13 heavy (non-hydrogen) atoms. The van der Waals surface area contributed by atoms with Gasteiger partial charge in [-0.1, -0.05) is 22.6 Å². The molecule has 0 unspecified atom stereocenters. The van der Waals surface area contributed by atoms with Crippen molar-refractivity contribution in [2.45, 2.75) is 0 Å². The van der Waals surface area contributed by atoms with E-state index in [0.717, 1.165) is 0 Å². The SMILES string of the molecule is CI.[Ti+2].c1cc[cH-]c1.c1cc[cH-]c1. The van der Waals surface area contributed by atoms with Gasteiger partial charge < -0.3 is 0 Å². The van der Waals surface area contributed by atoms with Gasteiger partial charge in [0.05, 0.1) is 0 Å². The van der Waals surface area contributed by atoms with Gasteiger partial charge in [0.1, 0.15) is 0 Å². The largest absolute Gasteiger partial charge is 2.00 e. The molecule has 0 fully saturated rings. The molecule has 2 aromatic rings. The monoisotopic (exact) mass is 320 g/mol. The van der Waals surface area contributed by atoms with Crippen LogP contribution >= 0.6 is 22.6 Å². The molecule has 0 nitrogen and oxygen atoms in total. The molecule has 68 valence electrons. The van der Waals surface area contributed by atoms with Crippen molar-refractivity contribution in [3.05, 3.63) is 60.7 Å². The van der Waals surface area contributed by atoms with E-state index in [2.05, 4.69) is 22.6 Å². The van der Waals surface area contributed by atoms with Gasteiger partial charge in [-0.15, -0.1) is 0 Å². The zero-order valence-corrected chi connectivity index (χ0v) is 11.4.